The summed E-state index contributed by atoms with van der Waals surface area (Å²) in [7, 11) is 0. The van der Waals surface area contributed by atoms with E-state index in [2.05, 4.69) is 37.0 Å². The molecule has 0 saturated heterocycles. The van der Waals surface area contributed by atoms with Crippen molar-refractivity contribution in [3.05, 3.63) is 28.8 Å². The van der Waals surface area contributed by atoms with Gasteiger partial charge in [0.15, 0.2) is 0 Å². The summed E-state index contributed by atoms with van der Waals surface area (Å²) in [5.74, 6) is 1.02. The van der Waals surface area contributed by atoms with E-state index in [1.165, 1.54) is 10.3 Å². The van der Waals surface area contributed by atoms with Gasteiger partial charge in [0.2, 0.25) is 0 Å². The van der Waals surface area contributed by atoms with Crippen LogP contribution < -0.4 is 5.73 Å². The second-order valence-electron chi connectivity index (χ2n) is 5.89. The normalized spacial score (nSPS) is 13.0. The first-order valence-corrected chi connectivity index (χ1v) is 8.46. The van der Waals surface area contributed by atoms with Gasteiger partial charge in [-0.3, -0.25) is 4.79 Å². The lowest BCUT2D eigenvalue weighted by atomic mass is 9.98. The molecule has 3 nitrogen and oxygen atoms in total. The van der Waals surface area contributed by atoms with Crippen LogP contribution in [-0.2, 0) is 11.2 Å². The Kier molecular flexibility index (Phi) is 5.48. The first kappa shape index (κ1) is 16.1. The number of ketones is 1. The van der Waals surface area contributed by atoms with Crippen molar-refractivity contribution >= 4 is 27.3 Å². The van der Waals surface area contributed by atoms with Crippen molar-refractivity contribution in [2.24, 2.45) is 11.7 Å². The van der Waals surface area contributed by atoms with E-state index < -0.39 is 0 Å². The Balaban J connectivity index is 2.16. The molecule has 2 rings (SSSR count). The number of fused-ring (bicyclic) bond motifs is 1. The molecule has 4 heteroatoms. The maximum absolute atomic E-state index is 11.6. The number of aromatic nitrogens is 1. The highest BCUT2D eigenvalue weighted by atomic mass is 32.1. The van der Waals surface area contributed by atoms with Gasteiger partial charge in [0.25, 0.3) is 0 Å². The van der Waals surface area contributed by atoms with Crippen molar-refractivity contribution < 1.29 is 4.79 Å². The third kappa shape index (κ3) is 4.11. The molecule has 2 N–H and O–H groups in total. The number of thiazole rings is 1. The van der Waals surface area contributed by atoms with E-state index in [0.717, 1.165) is 16.9 Å². The topological polar surface area (TPSA) is 56.0 Å². The molecule has 114 valence electrons. The third-order valence-electron chi connectivity index (χ3n) is 3.83. The average Bonchev–Trinajstić information content (AvgIpc) is 2.87. The summed E-state index contributed by atoms with van der Waals surface area (Å²) in [5.41, 5.74) is 8.20. The maximum Gasteiger partial charge on any atom is 0.132 e. The molecular weight excluding hydrogens is 280 g/mol. The quantitative estimate of drug-likeness (QED) is 0.844. The summed E-state index contributed by atoms with van der Waals surface area (Å²) in [6.45, 7) is 6.84. The Morgan fingerprint density at radius 1 is 1.38 bits per heavy atom. The van der Waals surface area contributed by atoms with Gasteiger partial charge in [-0.25, -0.2) is 4.98 Å². The molecular formula is C17H24N2OS. The van der Waals surface area contributed by atoms with Gasteiger partial charge in [-0.15, -0.1) is 11.3 Å². The van der Waals surface area contributed by atoms with Gasteiger partial charge in [0, 0.05) is 19.3 Å². The first-order valence-electron chi connectivity index (χ1n) is 7.64. The third-order valence-corrected chi connectivity index (χ3v) is 4.87. The Morgan fingerprint density at radius 3 is 2.76 bits per heavy atom. The van der Waals surface area contributed by atoms with Crippen LogP contribution in [0.3, 0.4) is 0 Å². The van der Waals surface area contributed by atoms with E-state index in [4.69, 9.17) is 5.73 Å². The van der Waals surface area contributed by atoms with Gasteiger partial charge in [0.05, 0.1) is 15.2 Å². The summed E-state index contributed by atoms with van der Waals surface area (Å²) in [6.07, 6.45) is 1.97. The zero-order chi connectivity index (χ0) is 15.4. The molecule has 1 aromatic heterocycles. The summed E-state index contributed by atoms with van der Waals surface area (Å²) in [5, 5.41) is 1.09. The van der Waals surface area contributed by atoms with Crippen molar-refractivity contribution in [3.8, 4) is 0 Å². The molecule has 0 unspecified atom stereocenters. The molecule has 0 saturated carbocycles. The van der Waals surface area contributed by atoms with Crippen LogP contribution in [0.2, 0.25) is 0 Å². The van der Waals surface area contributed by atoms with Crippen molar-refractivity contribution in [2.45, 2.75) is 46.0 Å². The van der Waals surface area contributed by atoms with Gasteiger partial charge in [0.1, 0.15) is 5.78 Å². The molecule has 1 atom stereocenters. The summed E-state index contributed by atoms with van der Waals surface area (Å²) in [4.78, 5) is 16.3. The molecule has 0 fully saturated rings. The van der Waals surface area contributed by atoms with Crippen molar-refractivity contribution in [2.75, 3.05) is 6.54 Å². The highest BCUT2D eigenvalue weighted by Crippen LogP contribution is 2.28. The number of nitrogens with two attached hydrogens (primary N) is 1. The van der Waals surface area contributed by atoms with Crippen LogP contribution in [0.25, 0.3) is 10.2 Å². The number of benzene rings is 1. The SMILES string of the molecule is CCC(=O)C[C@H](CN)Cc1nc2ccc(C(C)C)cc2s1. The van der Waals surface area contributed by atoms with Crippen LogP contribution in [0, 0.1) is 5.92 Å². The summed E-state index contributed by atoms with van der Waals surface area (Å²) in [6, 6.07) is 6.48. The first-order chi connectivity index (χ1) is 10.0. The number of Topliss-reactive ketones (excluding diaryl/α,β-unsaturated/α-hetero) is 1. The Hall–Kier alpha value is -1.26. The lowest BCUT2D eigenvalue weighted by Crippen LogP contribution is -2.20. The summed E-state index contributed by atoms with van der Waals surface area (Å²) < 4.78 is 1.23. The zero-order valence-electron chi connectivity index (χ0n) is 13.1. The molecule has 1 aromatic carbocycles. The van der Waals surface area contributed by atoms with Gasteiger partial charge >= 0.3 is 0 Å². The number of carbonyl (C=O) groups excluding carboxylic acids is 1. The monoisotopic (exact) mass is 304 g/mol. The zero-order valence-corrected chi connectivity index (χ0v) is 13.9. The minimum absolute atomic E-state index is 0.211. The molecule has 0 bridgehead atoms. The highest BCUT2D eigenvalue weighted by Gasteiger charge is 2.15. The van der Waals surface area contributed by atoms with Crippen molar-refractivity contribution in [1.82, 2.24) is 4.98 Å². The lowest BCUT2D eigenvalue weighted by molar-refractivity contribution is -0.119. The molecule has 0 aliphatic heterocycles. The molecule has 0 radical (unpaired) electrons. The van der Waals surface area contributed by atoms with E-state index >= 15 is 0 Å². The number of nitrogens with zero attached hydrogens (tertiary/aromatic N) is 1. The Bertz CT molecular complexity index is 618. The van der Waals surface area contributed by atoms with Crippen molar-refractivity contribution in [1.29, 1.82) is 0 Å². The van der Waals surface area contributed by atoms with Crippen LogP contribution in [0.5, 0.6) is 0 Å². The van der Waals surface area contributed by atoms with Crippen molar-refractivity contribution in [3.63, 3.8) is 0 Å². The second-order valence-corrected chi connectivity index (χ2v) is 7.01. The summed E-state index contributed by atoms with van der Waals surface area (Å²) >= 11 is 1.73. The fraction of sp³-hybridized carbons (Fsp3) is 0.529. The minimum Gasteiger partial charge on any atom is -0.330 e. The van der Waals surface area contributed by atoms with E-state index in [9.17, 15) is 4.79 Å². The van der Waals surface area contributed by atoms with E-state index in [1.807, 2.05) is 6.92 Å². The molecule has 2 aromatic rings. The fourth-order valence-corrected chi connectivity index (χ4v) is 3.52. The molecule has 0 spiro atoms. The molecule has 0 aliphatic rings. The molecule has 0 amide bonds. The highest BCUT2D eigenvalue weighted by molar-refractivity contribution is 7.18. The maximum atomic E-state index is 11.6. The Morgan fingerprint density at radius 2 is 2.14 bits per heavy atom. The lowest BCUT2D eigenvalue weighted by Gasteiger charge is -2.11. The van der Waals surface area contributed by atoms with Gasteiger partial charge < -0.3 is 5.73 Å². The van der Waals surface area contributed by atoms with Gasteiger partial charge in [-0.1, -0.05) is 26.8 Å². The molecule has 1 heterocycles. The van der Waals surface area contributed by atoms with Crippen LogP contribution in [0.15, 0.2) is 18.2 Å². The number of hydrogen-bond donors (Lipinski definition) is 1. The van der Waals surface area contributed by atoms with Crippen LogP contribution in [-0.4, -0.2) is 17.3 Å². The fourth-order valence-electron chi connectivity index (χ4n) is 2.39. The molecule has 0 aliphatic carbocycles. The Labute approximate surface area is 130 Å². The predicted octanol–water partition coefficient (Wildman–Crippen LogP) is 3.91. The van der Waals surface area contributed by atoms with Crippen LogP contribution >= 0.6 is 11.3 Å². The number of rotatable bonds is 7. The van der Waals surface area contributed by atoms with Gasteiger partial charge in [-0.05, 0) is 36.1 Å². The smallest absolute Gasteiger partial charge is 0.132 e. The van der Waals surface area contributed by atoms with E-state index in [1.54, 1.807) is 11.3 Å². The van der Waals surface area contributed by atoms with E-state index in [-0.39, 0.29) is 11.7 Å². The second kappa shape index (κ2) is 7.14. The van der Waals surface area contributed by atoms with Crippen LogP contribution in [0.1, 0.15) is 50.1 Å². The predicted molar refractivity (Wildman–Crippen MR) is 89.9 cm³/mol. The number of hydrogen-bond acceptors (Lipinski definition) is 4. The largest absolute Gasteiger partial charge is 0.330 e. The minimum atomic E-state index is 0.211. The average molecular weight is 304 g/mol. The molecule has 21 heavy (non-hydrogen) atoms. The number of carbonyl (C=O) groups is 1. The standard InChI is InChI=1S/C17H24N2OS/c1-4-14(20)7-12(10-18)8-17-19-15-6-5-13(11(2)3)9-16(15)21-17/h5-6,9,11-12H,4,7-8,10,18H2,1-3H3/t12-/m0/s1. The van der Waals surface area contributed by atoms with Crippen LogP contribution in [0.4, 0.5) is 0 Å². The van der Waals surface area contributed by atoms with E-state index in [0.29, 0.717) is 25.3 Å². The van der Waals surface area contributed by atoms with Gasteiger partial charge in [-0.2, -0.15) is 0 Å².